The maximum atomic E-state index is 12.4. The van der Waals surface area contributed by atoms with Gasteiger partial charge in [-0.2, -0.15) is 0 Å². The van der Waals surface area contributed by atoms with E-state index in [0.29, 0.717) is 0 Å². The number of thiophene rings is 1. The summed E-state index contributed by atoms with van der Waals surface area (Å²) in [4.78, 5) is 24.9. The van der Waals surface area contributed by atoms with E-state index in [9.17, 15) is 9.59 Å². The van der Waals surface area contributed by atoms with E-state index in [2.05, 4.69) is 5.32 Å². The number of rotatable bonds is 5. The molecule has 6 heteroatoms. The van der Waals surface area contributed by atoms with Crippen LogP contribution in [0.25, 0.3) is 0 Å². The van der Waals surface area contributed by atoms with Crippen LogP contribution in [0.5, 0.6) is 0 Å². The summed E-state index contributed by atoms with van der Waals surface area (Å²) < 4.78 is 4.72. The predicted octanol–water partition coefficient (Wildman–Crippen LogP) is 1.99. The van der Waals surface area contributed by atoms with Gasteiger partial charge in [-0.25, -0.2) is 0 Å². The third kappa shape index (κ3) is 4.54. The van der Waals surface area contributed by atoms with Crippen molar-refractivity contribution >= 4 is 23.2 Å². The molecule has 21 heavy (non-hydrogen) atoms. The van der Waals surface area contributed by atoms with E-state index in [-0.39, 0.29) is 36.3 Å². The fraction of sp³-hybridized carbons (Fsp3) is 0.600. The molecule has 1 saturated carbocycles. The maximum absolute atomic E-state index is 12.4. The van der Waals surface area contributed by atoms with E-state index in [4.69, 9.17) is 10.5 Å². The number of amides is 1. The third-order valence-electron chi connectivity index (χ3n) is 3.89. The number of hydrogen-bond acceptors (Lipinski definition) is 5. The van der Waals surface area contributed by atoms with E-state index in [1.165, 1.54) is 18.4 Å². The average molecular weight is 310 g/mol. The summed E-state index contributed by atoms with van der Waals surface area (Å²) in [6.07, 6.45) is 3.72. The molecule has 3 unspecified atom stereocenters. The van der Waals surface area contributed by atoms with Crippen LogP contribution in [0.4, 0.5) is 0 Å². The van der Waals surface area contributed by atoms with Gasteiger partial charge in [-0.3, -0.25) is 9.59 Å². The van der Waals surface area contributed by atoms with Crippen LogP contribution < -0.4 is 11.1 Å². The van der Waals surface area contributed by atoms with Crippen molar-refractivity contribution in [3.8, 4) is 0 Å². The summed E-state index contributed by atoms with van der Waals surface area (Å²) in [5, 5.41) is 4.92. The Labute approximate surface area is 128 Å². The van der Waals surface area contributed by atoms with Gasteiger partial charge in [0.2, 0.25) is 5.91 Å². The second-order valence-corrected chi connectivity index (χ2v) is 6.46. The van der Waals surface area contributed by atoms with Crippen LogP contribution in [-0.4, -0.2) is 25.0 Å². The molecule has 0 spiro atoms. The summed E-state index contributed by atoms with van der Waals surface area (Å²) in [5.74, 6) is -0.379. The monoisotopic (exact) mass is 310 g/mol. The van der Waals surface area contributed by atoms with Crippen molar-refractivity contribution < 1.29 is 14.3 Å². The molecule has 0 saturated heterocycles. The number of carbonyl (C=O) groups is 2. The Morgan fingerprint density at radius 2 is 2.33 bits per heavy atom. The summed E-state index contributed by atoms with van der Waals surface area (Å²) in [5.41, 5.74) is 5.94. The van der Waals surface area contributed by atoms with Gasteiger partial charge >= 0.3 is 5.97 Å². The zero-order valence-corrected chi connectivity index (χ0v) is 13.0. The van der Waals surface area contributed by atoms with Crippen LogP contribution in [0.15, 0.2) is 17.5 Å². The number of methoxy groups -OCH3 is 1. The van der Waals surface area contributed by atoms with Crippen molar-refractivity contribution in [3.63, 3.8) is 0 Å². The molecule has 5 nitrogen and oxygen atoms in total. The molecule has 0 aliphatic heterocycles. The van der Waals surface area contributed by atoms with Gasteiger partial charge in [0.15, 0.2) is 0 Å². The quantitative estimate of drug-likeness (QED) is 0.815. The molecule has 0 radical (unpaired) electrons. The highest BCUT2D eigenvalue weighted by molar-refractivity contribution is 7.10. The average Bonchev–Trinajstić information content (AvgIpc) is 3.00. The van der Waals surface area contributed by atoms with E-state index < -0.39 is 0 Å². The topological polar surface area (TPSA) is 81.4 Å². The minimum Gasteiger partial charge on any atom is -0.469 e. The van der Waals surface area contributed by atoms with E-state index in [1.54, 1.807) is 0 Å². The van der Waals surface area contributed by atoms with Crippen LogP contribution in [0.1, 0.15) is 43.0 Å². The fourth-order valence-corrected chi connectivity index (χ4v) is 3.50. The maximum Gasteiger partial charge on any atom is 0.307 e. The molecule has 1 aromatic heterocycles. The smallest absolute Gasteiger partial charge is 0.307 e. The van der Waals surface area contributed by atoms with Crippen molar-refractivity contribution in [2.45, 2.75) is 44.2 Å². The molecule has 3 atom stereocenters. The van der Waals surface area contributed by atoms with Crippen LogP contribution in [-0.2, 0) is 14.3 Å². The van der Waals surface area contributed by atoms with Gasteiger partial charge in [0.1, 0.15) is 0 Å². The first kappa shape index (κ1) is 16.0. The highest BCUT2D eigenvalue weighted by Gasteiger charge is 2.28. The Kier molecular flexibility index (Phi) is 5.76. The number of nitrogens with two attached hydrogens (primary N) is 1. The summed E-state index contributed by atoms with van der Waals surface area (Å²) in [6.45, 7) is 0. The van der Waals surface area contributed by atoms with Gasteiger partial charge < -0.3 is 15.8 Å². The Morgan fingerprint density at radius 1 is 1.52 bits per heavy atom. The Balaban J connectivity index is 2.00. The first-order chi connectivity index (χ1) is 10.1. The minimum absolute atomic E-state index is 0.00699. The van der Waals surface area contributed by atoms with E-state index in [0.717, 1.165) is 30.6 Å². The second kappa shape index (κ2) is 7.56. The fourth-order valence-electron chi connectivity index (χ4n) is 2.72. The van der Waals surface area contributed by atoms with Gasteiger partial charge in [-0.1, -0.05) is 12.5 Å². The standard InChI is InChI=1S/C15H22N2O3S/c1-20-14(18)9-12(13-6-3-7-21-13)17-15(19)10-4-2-5-11(16)8-10/h3,6-7,10-12H,2,4-5,8-9,16H2,1H3,(H,17,19). The van der Waals surface area contributed by atoms with Crippen LogP contribution in [0.3, 0.4) is 0 Å². The van der Waals surface area contributed by atoms with Crippen molar-refractivity contribution in [2.75, 3.05) is 7.11 Å². The lowest BCUT2D eigenvalue weighted by Gasteiger charge is -2.27. The highest BCUT2D eigenvalue weighted by Crippen LogP contribution is 2.27. The van der Waals surface area contributed by atoms with Crippen molar-refractivity contribution in [2.24, 2.45) is 11.7 Å². The number of carbonyl (C=O) groups excluding carboxylic acids is 2. The first-order valence-electron chi connectivity index (χ1n) is 7.26. The van der Waals surface area contributed by atoms with Crippen LogP contribution >= 0.6 is 11.3 Å². The van der Waals surface area contributed by atoms with Gasteiger partial charge in [0, 0.05) is 16.8 Å². The molecule has 1 aliphatic rings. The molecule has 3 N–H and O–H groups in total. The van der Waals surface area contributed by atoms with E-state index >= 15 is 0 Å². The lowest BCUT2D eigenvalue weighted by Crippen LogP contribution is -2.39. The summed E-state index contributed by atoms with van der Waals surface area (Å²) >= 11 is 1.53. The Hall–Kier alpha value is -1.40. The van der Waals surface area contributed by atoms with Crippen LogP contribution in [0.2, 0.25) is 0 Å². The molecular formula is C15H22N2O3S. The molecule has 1 amide bonds. The van der Waals surface area contributed by atoms with Crippen molar-refractivity contribution in [1.29, 1.82) is 0 Å². The lowest BCUT2D eigenvalue weighted by atomic mass is 9.85. The number of esters is 1. The van der Waals surface area contributed by atoms with E-state index in [1.807, 2.05) is 17.5 Å². The molecule has 2 rings (SSSR count). The number of ether oxygens (including phenoxy) is 1. The zero-order chi connectivity index (χ0) is 15.2. The van der Waals surface area contributed by atoms with Gasteiger partial charge in [0.05, 0.1) is 19.6 Å². The van der Waals surface area contributed by atoms with Crippen LogP contribution in [0, 0.1) is 5.92 Å². The first-order valence-corrected chi connectivity index (χ1v) is 8.14. The molecule has 1 aliphatic carbocycles. The summed E-state index contributed by atoms with van der Waals surface area (Å²) in [7, 11) is 1.36. The van der Waals surface area contributed by atoms with Crippen molar-refractivity contribution in [1.82, 2.24) is 5.32 Å². The molecule has 1 fully saturated rings. The number of hydrogen-bond donors (Lipinski definition) is 2. The van der Waals surface area contributed by atoms with Crippen molar-refractivity contribution in [3.05, 3.63) is 22.4 Å². The SMILES string of the molecule is COC(=O)CC(NC(=O)C1CCCC(N)C1)c1cccs1. The molecule has 116 valence electrons. The third-order valence-corrected chi connectivity index (χ3v) is 4.87. The second-order valence-electron chi connectivity index (χ2n) is 5.48. The highest BCUT2D eigenvalue weighted by atomic mass is 32.1. The molecule has 1 aromatic rings. The summed E-state index contributed by atoms with van der Waals surface area (Å²) in [6, 6.07) is 3.62. The molecule has 0 bridgehead atoms. The normalized spacial score (nSPS) is 23.3. The Morgan fingerprint density at radius 3 is 2.95 bits per heavy atom. The minimum atomic E-state index is -0.325. The lowest BCUT2D eigenvalue weighted by molar-refractivity contribution is -0.141. The van der Waals surface area contributed by atoms with Gasteiger partial charge in [-0.15, -0.1) is 11.3 Å². The molecule has 1 heterocycles. The molecule has 0 aromatic carbocycles. The predicted molar refractivity (Wildman–Crippen MR) is 81.8 cm³/mol. The molecular weight excluding hydrogens is 288 g/mol. The van der Waals surface area contributed by atoms with Gasteiger partial charge in [0.25, 0.3) is 0 Å². The Bertz CT molecular complexity index is 475. The zero-order valence-electron chi connectivity index (χ0n) is 12.2. The van der Waals surface area contributed by atoms with Gasteiger partial charge in [-0.05, 0) is 30.7 Å². The number of nitrogens with one attached hydrogen (secondary N) is 1. The largest absolute Gasteiger partial charge is 0.469 e.